The number of nitrogens with zero attached hydrogens (tertiary/aromatic N) is 2. The maximum atomic E-state index is 2.52. The summed E-state index contributed by atoms with van der Waals surface area (Å²) < 4.78 is 4.79. The van der Waals surface area contributed by atoms with Crippen LogP contribution in [0.3, 0.4) is 0 Å². The molecule has 0 unspecified atom stereocenters. The first-order valence-electron chi connectivity index (χ1n) is 22.6. The number of fused-ring (bicyclic) bond motifs is 6. The molecule has 2 heteroatoms. The van der Waals surface area contributed by atoms with Crippen molar-refractivity contribution >= 4 is 65.2 Å². The molecule has 11 aromatic carbocycles. The van der Waals surface area contributed by atoms with Gasteiger partial charge in [-0.3, -0.25) is 0 Å². The van der Waals surface area contributed by atoms with Crippen LogP contribution in [0.5, 0.6) is 0 Å². The fourth-order valence-electron chi connectivity index (χ4n) is 11.6. The summed E-state index contributed by atoms with van der Waals surface area (Å²) in [7, 11) is 0. The lowest BCUT2D eigenvalue weighted by atomic mass is 9.66. The van der Waals surface area contributed by atoms with Gasteiger partial charge in [0.05, 0.1) is 27.5 Å². The van der Waals surface area contributed by atoms with E-state index in [0.29, 0.717) is 0 Å². The molecule has 0 saturated carbocycles. The largest absolute Gasteiger partial charge is 0.309 e. The molecule has 2 aromatic heterocycles. The molecule has 0 saturated heterocycles. The van der Waals surface area contributed by atoms with Crippen molar-refractivity contribution in [1.82, 2.24) is 9.13 Å². The number of benzene rings is 11. The van der Waals surface area contributed by atoms with Crippen LogP contribution in [0.25, 0.3) is 98.8 Å². The molecule has 13 aromatic rings. The van der Waals surface area contributed by atoms with Gasteiger partial charge in [-0.05, 0) is 151 Å². The van der Waals surface area contributed by atoms with Gasteiger partial charge in [-0.1, -0.05) is 158 Å². The fourth-order valence-corrected chi connectivity index (χ4v) is 11.6. The van der Waals surface area contributed by atoms with E-state index >= 15 is 0 Å². The molecule has 0 bridgehead atoms. The molecule has 0 aliphatic heterocycles. The van der Waals surface area contributed by atoms with Gasteiger partial charge >= 0.3 is 0 Å². The first-order chi connectivity index (χ1) is 32.2. The van der Waals surface area contributed by atoms with Gasteiger partial charge in [0.15, 0.2) is 0 Å². The van der Waals surface area contributed by atoms with E-state index < -0.39 is 5.41 Å². The van der Waals surface area contributed by atoms with E-state index in [2.05, 4.69) is 252 Å². The summed E-state index contributed by atoms with van der Waals surface area (Å²) >= 11 is 0. The van der Waals surface area contributed by atoms with Crippen LogP contribution in [0.1, 0.15) is 22.3 Å². The van der Waals surface area contributed by atoms with Gasteiger partial charge in [-0.25, -0.2) is 0 Å². The first-order valence-corrected chi connectivity index (χ1v) is 22.6. The second kappa shape index (κ2) is 13.8. The third-order valence-electron chi connectivity index (χ3n) is 14.3. The highest BCUT2D eigenvalue weighted by atomic mass is 15.0. The summed E-state index contributed by atoms with van der Waals surface area (Å²) in [6, 6.07) is 90.3. The van der Waals surface area contributed by atoms with Crippen molar-refractivity contribution in [1.29, 1.82) is 0 Å². The van der Waals surface area contributed by atoms with Crippen LogP contribution in [0.2, 0.25) is 0 Å². The number of rotatable bonds is 6. The maximum Gasteiger partial charge on any atom is 0.0714 e. The van der Waals surface area contributed by atoms with Crippen molar-refractivity contribution < 1.29 is 0 Å². The van der Waals surface area contributed by atoms with E-state index in [1.165, 1.54) is 121 Å². The van der Waals surface area contributed by atoms with Gasteiger partial charge in [0.1, 0.15) is 0 Å². The molecule has 0 N–H and O–H groups in total. The summed E-state index contributed by atoms with van der Waals surface area (Å²) in [4.78, 5) is 0. The van der Waals surface area contributed by atoms with Gasteiger partial charge in [0, 0.05) is 32.9 Å². The summed E-state index contributed by atoms with van der Waals surface area (Å²) in [6.07, 6.45) is 0. The highest BCUT2D eigenvalue weighted by Gasteiger charge is 2.45. The van der Waals surface area contributed by atoms with Crippen LogP contribution < -0.4 is 0 Å². The number of hydrogen-bond donors (Lipinski definition) is 0. The Bertz CT molecular complexity index is 3760. The minimum absolute atomic E-state index is 0.574. The summed E-state index contributed by atoms with van der Waals surface area (Å²) in [6.45, 7) is 0. The van der Waals surface area contributed by atoms with Crippen LogP contribution in [0.15, 0.2) is 243 Å². The van der Waals surface area contributed by atoms with Crippen LogP contribution in [0.4, 0.5) is 0 Å². The Balaban J connectivity index is 1.02. The standard InChI is InChI=1S/C63H40N2/c1-5-17-47(18-6-1)63(48-19-7-2-8-20-48)55-39-45(41-31-33-59-53(37-41)51-25-13-15-27-57(51)64(59)49-21-9-3-10-22-49)35-43-29-30-44-36-46(40-56(63)62(44)61(43)55)42-32-34-60-54(38-42)52-26-14-16-28-58(52)65(60)50-23-11-4-12-24-50/h1-40H. The van der Waals surface area contributed by atoms with Crippen LogP contribution >= 0.6 is 0 Å². The Morgan fingerprint density at radius 1 is 0.262 bits per heavy atom. The lowest BCUT2D eigenvalue weighted by Crippen LogP contribution is -2.28. The third-order valence-corrected chi connectivity index (χ3v) is 14.3. The average molecular weight is 825 g/mol. The molecule has 1 aliphatic carbocycles. The Hall–Kier alpha value is -8.46. The lowest BCUT2D eigenvalue weighted by molar-refractivity contribution is 0.772. The SMILES string of the molecule is c1ccc(-n2c3ccccc3c3cc(-c4cc5c6c(ccc7cc(-c8ccc9c(c8)c8ccccc8n9-c8ccccc8)cc(c76)C5(c5ccccc5)c5ccccc5)c4)ccc32)cc1. The highest BCUT2D eigenvalue weighted by Crippen LogP contribution is 2.57. The van der Waals surface area contributed by atoms with Gasteiger partial charge in [0.2, 0.25) is 0 Å². The number of hydrogen-bond acceptors (Lipinski definition) is 0. The average Bonchev–Trinajstić information content (AvgIpc) is 4.00. The van der Waals surface area contributed by atoms with E-state index in [0.717, 1.165) is 0 Å². The molecule has 1 aliphatic rings. The molecule has 0 atom stereocenters. The molecule has 65 heavy (non-hydrogen) atoms. The van der Waals surface area contributed by atoms with Crippen molar-refractivity contribution in [3.05, 3.63) is 265 Å². The third kappa shape index (κ3) is 5.11. The topological polar surface area (TPSA) is 9.86 Å². The predicted molar refractivity (Wildman–Crippen MR) is 273 cm³/mol. The predicted octanol–water partition coefficient (Wildman–Crippen LogP) is 16.2. The molecular formula is C63H40N2. The van der Waals surface area contributed by atoms with Crippen molar-refractivity contribution in [2.75, 3.05) is 0 Å². The van der Waals surface area contributed by atoms with E-state index in [9.17, 15) is 0 Å². The maximum absolute atomic E-state index is 2.52. The molecule has 2 heterocycles. The Kier molecular flexibility index (Phi) is 7.64. The second-order valence-corrected chi connectivity index (χ2v) is 17.6. The second-order valence-electron chi connectivity index (χ2n) is 17.6. The molecule has 302 valence electrons. The number of para-hydroxylation sites is 4. The van der Waals surface area contributed by atoms with Crippen LogP contribution in [0, 0.1) is 0 Å². The highest BCUT2D eigenvalue weighted by molar-refractivity contribution is 6.19. The number of aromatic nitrogens is 2. The van der Waals surface area contributed by atoms with E-state index in [-0.39, 0.29) is 0 Å². The van der Waals surface area contributed by atoms with Gasteiger partial charge in [-0.2, -0.15) is 0 Å². The Labute approximate surface area is 376 Å². The molecule has 0 amide bonds. The van der Waals surface area contributed by atoms with Crippen molar-refractivity contribution in [3.8, 4) is 33.6 Å². The zero-order valence-electron chi connectivity index (χ0n) is 35.5. The summed E-state index contributed by atoms with van der Waals surface area (Å²) in [5.41, 5.74) is 16.6. The Morgan fingerprint density at radius 3 is 1.06 bits per heavy atom. The first kappa shape index (κ1) is 36.1. The summed E-state index contributed by atoms with van der Waals surface area (Å²) in [5.74, 6) is 0. The van der Waals surface area contributed by atoms with Crippen LogP contribution in [-0.2, 0) is 5.41 Å². The molecule has 14 rings (SSSR count). The monoisotopic (exact) mass is 824 g/mol. The minimum Gasteiger partial charge on any atom is -0.309 e. The normalized spacial score (nSPS) is 13.0. The Morgan fingerprint density at radius 2 is 0.631 bits per heavy atom. The van der Waals surface area contributed by atoms with E-state index in [1.54, 1.807) is 0 Å². The molecular weight excluding hydrogens is 785 g/mol. The van der Waals surface area contributed by atoms with Crippen molar-refractivity contribution in [2.24, 2.45) is 0 Å². The smallest absolute Gasteiger partial charge is 0.0714 e. The van der Waals surface area contributed by atoms with Crippen molar-refractivity contribution in [3.63, 3.8) is 0 Å². The van der Waals surface area contributed by atoms with Gasteiger partial charge < -0.3 is 9.13 Å². The quantitative estimate of drug-likeness (QED) is 0.148. The van der Waals surface area contributed by atoms with Gasteiger partial charge in [0.25, 0.3) is 0 Å². The molecule has 2 nitrogen and oxygen atoms in total. The van der Waals surface area contributed by atoms with Gasteiger partial charge in [-0.15, -0.1) is 0 Å². The fraction of sp³-hybridized carbons (Fsp3) is 0.0159. The lowest BCUT2D eigenvalue weighted by Gasteiger charge is -2.34. The minimum atomic E-state index is -0.574. The van der Waals surface area contributed by atoms with Crippen LogP contribution in [-0.4, -0.2) is 9.13 Å². The zero-order valence-corrected chi connectivity index (χ0v) is 35.5. The molecule has 0 fully saturated rings. The van der Waals surface area contributed by atoms with E-state index in [1.807, 2.05) is 0 Å². The van der Waals surface area contributed by atoms with Crippen molar-refractivity contribution in [2.45, 2.75) is 5.41 Å². The van der Waals surface area contributed by atoms with E-state index in [4.69, 9.17) is 0 Å². The molecule has 0 spiro atoms. The molecule has 0 radical (unpaired) electrons. The zero-order chi connectivity index (χ0) is 42.6. The summed E-state index contributed by atoms with van der Waals surface area (Å²) in [5, 5.41) is 10.2.